The van der Waals surface area contributed by atoms with Crippen molar-refractivity contribution in [1.82, 2.24) is 25.0 Å². The zero-order chi connectivity index (χ0) is 18.5. The normalized spacial score (nSPS) is 10.6. The maximum atomic E-state index is 12.6. The van der Waals surface area contributed by atoms with Gasteiger partial charge in [0.2, 0.25) is 11.8 Å². The lowest BCUT2D eigenvalue weighted by Gasteiger charge is -2.16. The van der Waals surface area contributed by atoms with Crippen molar-refractivity contribution >= 4 is 5.91 Å². The van der Waals surface area contributed by atoms with Gasteiger partial charge in [-0.05, 0) is 12.1 Å². The molecule has 8 nitrogen and oxygen atoms in total. The number of likely N-dealkylation sites (N-methyl/N-ethyl adjacent to an activating group) is 1. The molecule has 0 atom stereocenters. The SMILES string of the molecule is COc1nccnc1-c1ccc(C(=O)N(C)CCc2noc(C)n2)cc1. The largest absolute Gasteiger partial charge is 0.479 e. The summed E-state index contributed by atoms with van der Waals surface area (Å²) >= 11 is 0. The van der Waals surface area contributed by atoms with Gasteiger partial charge in [-0.1, -0.05) is 17.3 Å². The van der Waals surface area contributed by atoms with Crippen LogP contribution in [0.2, 0.25) is 0 Å². The first-order chi connectivity index (χ1) is 12.6. The summed E-state index contributed by atoms with van der Waals surface area (Å²) in [4.78, 5) is 26.7. The number of methoxy groups -OCH3 is 1. The van der Waals surface area contributed by atoms with Gasteiger partial charge in [-0.2, -0.15) is 4.98 Å². The first-order valence-electron chi connectivity index (χ1n) is 8.08. The lowest BCUT2D eigenvalue weighted by molar-refractivity contribution is 0.0796. The lowest BCUT2D eigenvalue weighted by atomic mass is 10.1. The summed E-state index contributed by atoms with van der Waals surface area (Å²) in [6, 6.07) is 7.19. The number of rotatable bonds is 6. The van der Waals surface area contributed by atoms with Crippen LogP contribution in [0.4, 0.5) is 0 Å². The monoisotopic (exact) mass is 353 g/mol. The molecule has 1 aromatic carbocycles. The molecule has 3 aromatic rings. The topological polar surface area (TPSA) is 94.2 Å². The van der Waals surface area contributed by atoms with Crippen molar-refractivity contribution in [3.63, 3.8) is 0 Å². The average molecular weight is 353 g/mol. The minimum atomic E-state index is -0.0807. The van der Waals surface area contributed by atoms with E-state index in [-0.39, 0.29) is 5.91 Å². The predicted octanol–water partition coefficient (Wildman–Crippen LogP) is 2.16. The van der Waals surface area contributed by atoms with E-state index in [1.807, 2.05) is 12.1 Å². The van der Waals surface area contributed by atoms with Gasteiger partial charge in [0.15, 0.2) is 5.82 Å². The van der Waals surface area contributed by atoms with Gasteiger partial charge >= 0.3 is 0 Å². The average Bonchev–Trinajstić information content (AvgIpc) is 3.11. The second-order valence-electron chi connectivity index (χ2n) is 5.70. The molecule has 26 heavy (non-hydrogen) atoms. The van der Waals surface area contributed by atoms with Gasteiger partial charge < -0.3 is 14.2 Å². The Morgan fingerprint density at radius 3 is 2.58 bits per heavy atom. The smallest absolute Gasteiger partial charge is 0.253 e. The Kier molecular flexibility index (Phi) is 5.21. The number of aryl methyl sites for hydroxylation is 1. The van der Waals surface area contributed by atoms with Gasteiger partial charge in [0.25, 0.3) is 5.91 Å². The highest BCUT2D eigenvalue weighted by Crippen LogP contribution is 2.25. The van der Waals surface area contributed by atoms with E-state index in [0.717, 1.165) is 5.56 Å². The van der Waals surface area contributed by atoms with Crippen molar-refractivity contribution in [2.75, 3.05) is 20.7 Å². The minimum Gasteiger partial charge on any atom is -0.479 e. The molecule has 0 aliphatic rings. The molecule has 0 unspecified atom stereocenters. The number of ether oxygens (including phenoxy) is 1. The molecule has 2 aromatic heterocycles. The summed E-state index contributed by atoms with van der Waals surface area (Å²) in [5.41, 5.74) is 2.05. The third kappa shape index (κ3) is 3.85. The van der Waals surface area contributed by atoms with Crippen LogP contribution >= 0.6 is 0 Å². The van der Waals surface area contributed by atoms with Crippen molar-refractivity contribution in [1.29, 1.82) is 0 Å². The van der Waals surface area contributed by atoms with Crippen LogP contribution in [0.5, 0.6) is 5.88 Å². The van der Waals surface area contributed by atoms with Crippen molar-refractivity contribution in [3.05, 3.63) is 53.9 Å². The number of carbonyl (C=O) groups is 1. The van der Waals surface area contributed by atoms with Gasteiger partial charge in [0.1, 0.15) is 5.69 Å². The van der Waals surface area contributed by atoms with Gasteiger partial charge in [0, 0.05) is 50.5 Å². The maximum Gasteiger partial charge on any atom is 0.253 e. The molecule has 0 bridgehead atoms. The number of hydrogen-bond acceptors (Lipinski definition) is 7. The van der Waals surface area contributed by atoms with E-state index < -0.39 is 0 Å². The van der Waals surface area contributed by atoms with E-state index in [9.17, 15) is 4.79 Å². The first-order valence-corrected chi connectivity index (χ1v) is 8.08. The summed E-state index contributed by atoms with van der Waals surface area (Å²) in [6.07, 6.45) is 3.71. The standard InChI is InChI=1S/C18H19N5O3/c1-12-21-15(22-26-12)8-11-23(2)18(24)14-6-4-13(5-7-14)16-17(25-3)20-10-9-19-16/h4-7,9-10H,8,11H2,1-3H3. The fourth-order valence-corrected chi connectivity index (χ4v) is 2.48. The van der Waals surface area contributed by atoms with E-state index in [2.05, 4.69) is 20.1 Å². The van der Waals surface area contributed by atoms with Crippen LogP contribution in [-0.2, 0) is 6.42 Å². The van der Waals surface area contributed by atoms with Crippen molar-refractivity contribution in [3.8, 4) is 17.1 Å². The molecule has 134 valence electrons. The number of hydrogen-bond donors (Lipinski definition) is 0. The summed E-state index contributed by atoms with van der Waals surface area (Å²) in [7, 11) is 3.29. The van der Waals surface area contributed by atoms with E-state index in [4.69, 9.17) is 9.26 Å². The molecule has 8 heteroatoms. The zero-order valence-corrected chi connectivity index (χ0v) is 14.8. The van der Waals surface area contributed by atoms with Crippen LogP contribution in [0.3, 0.4) is 0 Å². The zero-order valence-electron chi connectivity index (χ0n) is 14.8. The van der Waals surface area contributed by atoms with Crippen LogP contribution in [0, 0.1) is 6.92 Å². The Labute approximate surface area is 150 Å². The molecular weight excluding hydrogens is 334 g/mol. The molecule has 2 heterocycles. The van der Waals surface area contributed by atoms with Crippen LogP contribution in [-0.4, -0.2) is 51.6 Å². The van der Waals surface area contributed by atoms with Crippen LogP contribution in [0.1, 0.15) is 22.1 Å². The molecule has 0 aliphatic carbocycles. The van der Waals surface area contributed by atoms with E-state index in [0.29, 0.717) is 41.8 Å². The van der Waals surface area contributed by atoms with Gasteiger partial charge in [-0.15, -0.1) is 0 Å². The van der Waals surface area contributed by atoms with E-state index >= 15 is 0 Å². The highest BCUT2D eigenvalue weighted by Gasteiger charge is 2.14. The highest BCUT2D eigenvalue weighted by molar-refractivity contribution is 5.94. The third-order valence-corrected chi connectivity index (χ3v) is 3.85. The van der Waals surface area contributed by atoms with Crippen LogP contribution in [0.25, 0.3) is 11.3 Å². The molecule has 0 spiro atoms. The minimum absolute atomic E-state index is 0.0807. The second kappa shape index (κ2) is 7.73. The van der Waals surface area contributed by atoms with Gasteiger partial charge in [-0.3, -0.25) is 4.79 Å². The lowest BCUT2D eigenvalue weighted by Crippen LogP contribution is -2.29. The fourth-order valence-electron chi connectivity index (χ4n) is 2.48. The molecule has 0 saturated carbocycles. The van der Waals surface area contributed by atoms with Gasteiger partial charge in [0.05, 0.1) is 7.11 Å². The molecular formula is C18H19N5O3. The first kappa shape index (κ1) is 17.5. The van der Waals surface area contributed by atoms with Crippen molar-refractivity contribution in [2.24, 2.45) is 0 Å². The molecule has 1 amide bonds. The number of aromatic nitrogens is 4. The summed E-state index contributed by atoms with van der Waals surface area (Å²) in [5.74, 6) is 1.47. The molecule has 0 fully saturated rings. The molecule has 0 radical (unpaired) electrons. The van der Waals surface area contributed by atoms with E-state index in [1.54, 1.807) is 50.5 Å². The molecule has 3 rings (SSSR count). The Balaban J connectivity index is 1.68. The predicted molar refractivity (Wildman–Crippen MR) is 93.7 cm³/mol. The van der Waals surface area contributed by atoms with Crippen molar-refractivity contribution < 1.29 is 14.1 Å². The number of amides is 1. The van der Waals surface area contributed by atoms with Crippen LogP contribution in [0.15, 0.2) is 41.2 Å². The van der Waals surface area contributed by atoms with Gasteiger partial charge in [-0.25, -0.2) is 9.97 Å². The van der Waals surface area contributed by atoms with Crippen LogP contribution < -0.4 is 4.74 Å². The fraction of sp³-hybridized carbons (Fsp3) is 0.278. The molecule has 0 saturated heterocycles. The highest BCUT2D eigenvalue weighted by atomic mass is 16.5. The number of carbonyl (C=O) groups excluding carboxylic acids is 1. The third-order valence-electron chi connectivity index (χ3n) is 3.85. The Morgan fingerprint density at radius 2 is 1.92 bits per heavy atom. The maximum absolute atomic E-state index is 12.6. The Hall–Kier alpha value is -3.29. The molecule has 0 aliphatic heterocycles. The summed E-state index contributed by atoms with van der Waals surface area (Å²) in [6.45, 7) is 2.23. The second-order valence-corrected chi connectivity index (χ2v) is 5.70. The quantitative estimate of drug-likeness (QED) is 0.670. The Bertz CT molecular complexity index is 892. The van der Waals surface area contributed by atoms with Crippen molar-refractivity contribution in [2.45, 2.75) is 13.3 Å². The number of nitrogens with zero attached hydrogens (tertiary/aromatic N) is 5. The number of benzene rings is 1. The molecule has 0 N–H and O–H groups in total. The Morgan fingerprint density at radius 1 is 1.19 bits per heavy atom. The summed E-state index contributed by atoms with van der Waals surface area (Å²) < 4.78 is 10.2. The summed E-state index contributed by atoms with van der Waals surface area (Å²) in [5, 5.41) is 3.83. The van der Waals surface area contributed by atoms with E-state index in [1.165, 1.54) is 0 Å².